The maximum Gasteiger partial charge on any atom is 0.0713 e. The van der Waals surface area contributed by atoms with Crippen molar-refractivity contribution in [2.24, 2.45) is 0 Å². The van der Waals surface area contributed by atoms with Crippen LogP contribution in [0.5, 0.6) is 0 Å². The second-order valence-electron chi connectivity index (χ2n) is 19.1. The highest BCUT2D eigenvalue weighted by Crippen LogP contribution is 2.56. The molecule has 1 aromatic heterocycles. The normalized spacial score (nSPS) is 12.5. The van der Waals surface area contributed by atoms with E-state index in [-0.39, 0.29) is 0 Å². The van der Waals surface area contributed by atoms with E-state index < -0.39 is 5.41 Å². The molecule has 0 fully saturated rings. The number of nitrogens with zero attached hydrogens (tertiary/aromatic N) is 1. The molecular weight excluding hydrogens is 899 g/mol. The molecule has 0 amide bonds. The molecule has 73 heavy (non-hydrogen) atoms. The average Bonchev–Trinajstić information content (AvgIpc) is 4.00. The molecule has 342 valence electrons. The van der Waals surface area contributed by atoms with E-state index in [0.29, 0.717) is 0 Å². The summed E-state index contributed by atoms with van der Waals surface area (Å²) in [4.78, 5) is 2.44. The predicted octanol–water partition coefficient (Wildman–Crippen LogP) is 19.7. The third-order valence-electron chi connectivity index (χ3n) is 15.2. The molecule has 0 N–H and O–H groups in total. The first kappa shape index (κ1) is 42.8. The number of rotatable bonds is 9. The van der Waals surface area contributed by atoms with Gasteiger partial charge in [0.1, 0.15) is 0 Å². The summed E-state index contributed by atoms with van der Waals surface area (Å²) in [5.74, 6) is 0. The number of thiophene rings is 1. The molecule has 0 unspecified atom stereocenters. The summed E-state index contributed by atoms with van der Waals surface area (Å²) in [6.07, 6.45) is 0. The van der Waals surface area contributed by atoms with Crippen LogP contribution >= 0.6 is 11.3 Å². The summed E-state index contributed by atoms with van der Waals surface area (Å²) in [6, 6.07) is 105. The molecule has 1 aliphatic rings. The lowest BCUT2D eigenvalue weighted by Gasteiger charge is -2.34. The van der Waals surface area contributed by atoms with E-state index in [2.05, 4.69) is 290 Å². The lowest BCUT2D eigenvalue weighted by atomic mass is 9.68. The SMILES string of the molecule is c1ccc(-c2ccc(-c3ccccc3)c(-c3cccc4c3sc3ccc(N(c5ccc(-c6cccc7ccccc67)cc5)c5ccc(C6(c7ccccc7)c7ccccc7-c7ccccc76)cc5)cc34)c2)cc1. The summed E-state index contributed by atoms with van der Waals surface area (Å²) in [5.41, 5.74) is 20.3. The quantitative estimate of drug-likeness (QED) is 0.139. The van der Waals surface area contributed by atoms with E-state index in [9.17, 15) is 0 Å². The van der Waals surface area contributed by atoms with Gasteiger partial charge in [-0.3, -0.25) is 0 Å². The van der Waals surface area contributed by atoms with Crippen LogP contribution in [-0.4, -0.2) is 0 Å². The maximum absolute atomic E-state index is 2.44. The van der Waals surface area contributed by atoms with Crippen LogP contribution in [0.1, 0.15) is 22.3 Å². The predicted molar refractivity (Wildman–Crippen MR) is 311 cm³/mol. The summed E-state index contributed by atoms with van der Waals surface area (Å²) < 4.78 is 2.55. The summed E-state index contributed by atoms with van der Waals surface area (Å²) in [6.45, 7) is 0. The van der Waals surface area contributed by atoms with Gasteiger partial charge < -0.3 is 4.90 Å². The molecular formula is C71H47NS. The van der Waals surface area contributed by atoms with Crippen molar-refractivity contribution >= 4 is 59.3 Å². The minimum Gasteiger partial charge on any atom is -0.310 e. The van der Waals surface area contributed by atoms with Gasteiger partial charge >= 0.3 is 0 Å². The third-order valence-corrected chi connectivity index (χ3v) is 16.4. The monoisotopic (exact) mass is 945 g/mol. The van der Waals surface area contributed by atoms with Crippen LogP contribution in [0.4, 0.5) is 17.1 Å². The Labute approximate surface area is 430 Å². The van der Waals surface area contributed by atoms with Crippen LogP contribution in [0.25, 0.3) is 86.6 Å². The molecule has 0 bridgehead atoms. The Kier molecular flexibility index (Phi) is 10.3. The molecule has 0 radical (unpaired) electrons. The van der Waals surface area contributed by atoms with Crippen LogP contribution in [0.2, 0.25) is 0 Å². The lowest BCUT2D eigenvalue weighted by Crippen LogP contribution is -2.28. The Morgan fingerprint density at radius 3 is 1.51 bits per heavy atom. The van der Waals surface area contributed by atoms with Gasteiger partial charge in [0.05, 0.1) is 5.41 Å². The Morgan fingerprint density at radius 2 is 0.781 bits per heavy atom. The maximum atomic E-state index is 2.44. The zero-order chi connectivity index (χ0) is 48.3. The molecule has 12 aromatic carbocycles. The molecule has 0 aliphatic heterocycles. The number of hydrogen-bond acceptors (Lipinski definition) is 2. The Hall–Kier alpha value is -9.08. The summed E-state index contributed by atoms with van der Waals surface area (Å²) >= 11 is 1.88. The van der Waals surface area contributed by atoms with Crippen molar-refractivity contribution in [2.75, 3.05) is 4.90 Å². The molecule has 14 rings (SSSR count). The number of benzene rings is 12. The van der Waals surface area contributed by atoms with Gasteiger partial charge in [-0.05, 0) is 132 Å². The number of hydrogen-bond donors (Lipinski definition) is 0. The molecule has 1 heterocycles. The van der Waals surface area contributed by atoms with Crippen LogP contribution in [0, 0.1) is 0 Å². The fourth-order valence-electron chi connectivity index (χ4n) is 11.9. The van der Waals surface area contributed by atoms with Crippen molar-refractivity contribution in [3.8, 4) is 55.6 Å². The number of anilines is 3. The average molecular weight is 946 g/mol. The van der Waals surface area contributed by atoms with Gasteiger partial charge in [-0.1, -0.05) is 237 Å². The van der Waals surface area contributed by atoms with E-state index in [1.165, 1.54) is 109 Å². The fraction of sp³-hybridized carbons (Fsp3) is 0.0141. The van der Waals surface area contributed by atoms with Gasteiger partial charge in [-0.15, -0.1) is 11.3 Å². The lowest BCUT2D eigenvalue weighted by molar-refractivity contribution is 0.768. The van der Waals surface area contributed by atoms with Gasteiger partial charge in [-0.2, -0.15) is 0 Å². The molecule has 13 aromatic rings. The second kappa shape index (κ2) is 17.6. The van der Waals surface area contributed by atoms with Gasteiger partial charge in [0.2, 0.25) is 0 Å². The first-order chi connectivity index (χ1) is 36.2. The zero-order valence-corrected chi connectivity index (χ0v) is 40.8. The Bertz CT molecular complexity index is 4120. The van der Waals surface area contributed by atoms with Crippen LogP contribution < -0.4 is 4.90 Å². The molecule has 2 heteroatoms. The first-order valence-electron chi connectivity index (χ1n) is 25.2. The highest BCUT2D eigenvalue weighted by atomic mass is 32.1. The standard InChI is InChI=1S/C71H47NS/c1-4-18-48(19-5-1)52-36-44-60(49-20-6-2-7-21-49)65(46-52)63-30-17-31-64-66-47-57(43-45-69(66)73-70(63)64)72(55-39-34-51(35-40-55)59-29-16-23-50-22-10-11-26-58(50)59)56-41-37-54(38-42-56)71(53-24-8-3-9-25-53)67-32-14-12-27-61(67)62-28-13-15-33-68(62)71/h1-47H. The van der Waals surface area contributed by atoms with Gasteiger partial charge in [0.15, 0.2) is 0 Å². The van der Waals surface area contributed by atoms with Gasteiger partial charge in [-0.25, -0.2) is 0 Å². The highest BCUT2D eigenvalue weighted by molar-refractivity contribution is 7.26. The zero-order valence-electron chi connectivity index (χ0n) is 40.0. The van der Waals surface area contributed by atoms with Crippen LogP contribution in [-0.2, 0) is 5.41 Å². The van der Waals surface area contributed by atoms with Crippen LogP contribution in [0.15, 0.2) is 285 Å². The molecule has 0 atom stereocenters. The van der Waals surface area contributed by atoms with Gasteiger partial charge in [0, 0.05) is 42.8 Å². The van der Waals surface area contributed by atoms with E-state index in [0.717, 1.165) is 17.1 Å². The number of fused-ring (bicyclic) bond motifs is 7. The fourth-order valence-corrected chi connectivity index (χ4v) is 13.1. The molecule has 0 saturated heterocycles. The van der Waals surface area contributed by atoms with Crippen molar-refractivity contribution in [1.29, 1.82) is 0 Å². The van der Waals surface area contributed by atoms with Crippen molar-refractivity contribution in [1.82, 2.24) is 0 Å². The molecule has 1 nitrogen and oxygen atoms in total. The van der Waals surface area contributed by atoms with E-state index in [1.54, 1.807) is 0 Å². The summed E-state index contributed by atoms with van der Waals surface area (Å²) in [5, 5.41) is 5.00. The molecule has 0 saturated carbocycles. The second-order valence-corrected chi connectivity index (χ2v) is 20.2. The third kappa shape index (κ3) is 7.06. The Balaban J connectivity index is 0.937. The largest absolute Gasteiger partial charge is 0.310 e. The molecule has 1 aliphatic carbocycles. The van der Waals surface area contributed by atoms with Gasteiger partial charge in [0.25, 0.3) is 0 Å². The topological polar surface area (TPSA) is 3.24 Å². The highest BCUT2D eigenvalue weighted by Gasteiger charge is 2.45. The first-order valence-corrected chi connectivity index (χ1v) is 26.0. The van der Waals surface area contributed by atoms with E-state index in [4.69, 9.17) is 0 Å². The summed E-state index contributed by atoms with van der Waals surface area (Å²) in [7, 11) is 0. The van der Waals surface area contributed by atoms with Crippen molar-refractivity contribution in [3.63, 3.8) is 0 Å². The van der Waals surface area contributed by atoms with E-state index >= 15 is 0 Å². The smallest absolute Gasteiger partial charge is 0.0713 e. The minimum absolute atomic E-state index is 0.481. The molecule has 0 spiro atoms. The van der Waals surface area contributed by atoms with E-state index in [1.807, 2.05) is 11.3 Å². The Morgan fingerprint density at radius 1 is 0.274 bits per heavy atom. The van der Waals surface area contributed by atoms with Crippen molar-refractivity contribution < 1.29 is 0 Å². The van der Waals surface area contributed by atoms with Crippen molar-refractivity contribution in [2.45, 2.75) is 5.41 Å². The minimum atomic E-state index is -0.481. The van der Waals surface area contributed by atoms with Crippen LogP contribution in [0.3, 0.4) is 0 Å². The van der Waals surface area contributed by atoms with Crippen molar-refractivity contribution in [3.05, 3.63) is 307 Å².